The van der Waals surface area contributed by atoms with Crippen LogP contribution in [0.1, 0.15) is 36.3 Å². The van der Waals surface area contributed by atoms with Gasteiger partial charge in [0.1, 0.15) is 6.04 Å². The topological polar surface area (TPSA) is 64.2 Å². The normalized spacial score (nSPS) is 14.2. The number of benzene rings is 1. The second-order valence-electron chi connectivity index (χ2n) is 5.99. The molecule has 132 valence electrons. The maximum atomic E-state index is 13.0. The average molecular weight is 371 g/mol. The van der Waals surface area contributed by atoms with Crippen molar-refractivity contribution in [1.29, 1.82) is 0 Å². The van der Waals surface area contributed by atoms with Crippen LogP contribution < -0.4 is 10.6 Å². The third kappa shape index (κ3) is 3.52. The molecule has 3 rings (SSSR count). The zero-order valence-corrected chi connectivity index (χ0v) is 15.8. The van der Waals surface area contributed by atoms with Gasteiger partial charge in [0.2, 0.25) is 0 Å². The molecule has 5 nitrogen and oxygen atoms in total. The minimum absolute atomic E-state index is 0. The second kappa shape index (κ2) is 7.90. The predicted molar refractivity (Wildman–Crippen MR) is 102 cm³/mol. The number of rotatable bonds is 2. The molecule has 2 aromatic rings. The summed E-state index contributed by atoms with van der Waals surface area (Å²) in [4.78, 5) is 14.8. The molecule has 2 heterocycles. The van der Waals surface area contributed by atoms with Gasteiger partial charge in [-0.1, -0.05) is 6.07 Å². The van der Waals surface area contributed by atoms with E-state index in [0.717, 1.165) is 47.7 Å². The van der Waals surface area contributed by atoms with Gasteiger partial charge in [-0.05, 0) is 57.4 Å². The first-order valence-corrected chi connectivity index (χ1v) is 7.70. The summed E-state index contributed by atoms with van der Waals surface area (Å²) in [6.07, 6.45) is 1.87. The summed E-state index contributed by atoms with van der Waals surface area (Å²) >= 11 is 0. The minimum Gasteiger partial charge on any atom is -0.398 e. The molecule has 1 amide bonds. The number of nitrogens with two attached hydrogens (primary N) is 1. The number of aryl methyl sites for hydroxylation is 2. The smallest absolute Gasteiger partial charge is 0.251 e. The summed E-state index contributed by atoms with van der Waals surface area (Å²) in [5.41, 5.74) is 10.8. The molecule has 0 saturated carbocycles. The largest absolute Gasteiger partial charge is 0.398 e. The number of hydrogen-bond donors (Lipinski definition) is 1. The Morgan fingerprint density at radius 1 is 1.29 bits per heavy atom. The van der Waals surface area contributed by atoms with Crippen molar-refractivity contribution in [3.05, 3.63) is 41.2 Å². The first-order valence-electron chi connectivity index (χ1n) is 7.70. The molecule has 0 bridgehead atoms. The molecule has 0 aliphatic carbocycles. The molecule has 1 aromatic heterocycles. The third-order valence-corrected chi connectivity index (χ3v) is 4.32. The fraction of sp³-hybridized carbons (Fsp3) is 0.412. The Labute approximate surface area is 155 Å². The van der Waals surface area contributed by atoms with Crippen molar-refractivity contribution in [3.63, 3.8) is 0 Å². The number of nitrogens with zero attached hydrogens (tertiary/aromatic N) is 3. The third-order valence-electron chi connectivity index (χ3n) is 4.32. The summed E-state index contributed by atoms with van der Waals surface area (Å²) in [7, 11) is 0. The fourth-order valence-corrected chi connectivity index (χ4v) is 3.25. The van der Waals surface area contributed by atoms with Gasteiger partial charge in [0.25, 0.3) is 5.91 Å². The van der Waals surface area contributed by atoms with Crippen LogP contribution in [0.2, 0.25) is 0 Å². The molecule has 2 N–H and O–H groups in total. The van der Waals surface area contributed by atoms with Gasteiger partial charge < -0.3 is 10.6 Å². The van der Waals surface area contributed by atoms with E-state index in [2.05, 4.69) is 5.10 Å². The maximum absolute atomic E-state index is 13.0. The zero-order chi connectivity index (χ0) is 15.9. The van der Waals surface area contributed by atoms with Gasteiger partial charge >= 0.3 is 0 Å². The molecule has 24 heavy (non-hydrogen) atoms. The number of anilines is 2. The Bertz CT molecular complexity index is 729. The van der Waals surface area contributed by atoms with Crippen LogP contribution in [0.3, 0.4) is 0 Å². The van der Waals surface area contributed by atoms with Crippen molar-refractivity contribution in [3.8, 4) is 0 Å². The molecule has 0 fully saturated rings. The molecule has 1 unspecified atom stereocenters. The molecule has 7 heteroatoms. The SMILES string of the molecule is Cc1cc(C)n(C(C)C(=O)N2CCCc3c(N)cccc32)n1.Cl.Cl. The van der Waals surface area contributed by atoms with Crippen LogP contribution in [-0.4, -0.2) is 22.2 Å². The Kier molecular flexibility index (Phi) is 6.69. The second-order valence-corrected chi connectivity index (χ2v) is 5.99. The molecule has 1 aromatic carbocycles. The van der Waals surface area contributed by atoms with Crippen molar-refractivity contribution < 1.29 is 4.79 Å². The highest BCUT2D eigenvalue weighted by Gasteiger charge is 2.28. The minimum atomic E-state index is -0.318. The summed E-state index contributed by atoms with van der Waals surface area (Å²) in [5, 5.41) is 4.44. The number of carbonyl (C=O) groups is 1. The van der Waals surface area contributed by atoms with E-state index < -0.39 is 0 Å². The Hall–Kier alpha value is -1.72. The highest BCUT2D eigenvalue weighted by atomic mass is 35.5. The molecular weight excluding hydrogens is 347 g/mol. The van der Waals surface area contributed by atoms with E-state index in [1.54, 1.807) is 4.68 Å². The van der Waals surface area contributed by atoms with Gasteiger partial charge in [0, 0.05) is 23.6 Å². The van der Waals surface area contributed by atoms with E-state index in [-0.39, 0.29) is 36.8 Å². The van der Waals surface area contributed by atoms with Crippen LogP contribution in [0.5, 0.6) is 0 Å². The van der Waals surface area contributed by atoms with E-state index in [9.17, 15) is 4.79 Å². The molecule has 0 spiro atoms. The van der Waals surface area contributed by atoms with E-state index in [1.165, 1.54) is 0 Å². The standard InChI is InChI=1S/C17H22N4O.2ClH/c1-11-10-12(2)21(19-11)13(3)17(22)20-9-5-6-14-15(18)7-4-8-16(14)20;;/h4,7-8,10,13H,5-6,9,18H2,1-3H3;2*1H. The number of amides is 1. The fourth-order valence-electron chi connectivity index (χ4n) is 3.25. The van der Waals surface area contributed by atoms with Crippen LogP contribution in [-0.2, 0) is 11.2 Å². The first kappa shape index (κ1) is 20.3. The van der Waals surface area contributed by atoms with Crippen molar-refractivity contribution in [2.45, 2.75) is 39.7 Å². The van der Waals surface area contributed by atoms with Gasteiger partial charge in [0.15, 0.2) is 0 Å². The van der Waals surface area contributed by atoms with Gasteiger partial charge in [0.05, 0.1) is 5.69 Å². The maximum Gasteiger partial charge on any atom is 0.251 e. The first-order chi connectivity index (χ1) is 10.5. The Balaban J connectivity index is 0.00000144. The molecule has 1 atom stereocenters. The number of halogens is 2. The van der Waals surface area contributed by atoms with Crippen LogP contribution in [0.25, 0.3) is 0 Å². The highest BCUT2D eigenvalue weighted by molar-refractivity contribution is 5.97. The summed E-state index contributed by atoms with van der Waals surface area (Å²) in [6, 6.07) is 7.47. The number of carbonyl (C=O) groups excluding carboxylic acids is 1. The van der Waals surface area contributed by atoms with Crippen LogP contribution in [0, 0.1) is 13.8 Å². The van der Waals surface area contributed by atoms with Gasteiger partial charge in [-0.3, -0.25) is 9.48 Å². The van der Waals surface area contributed by atoms with Crippen molar-refractivity contribution in [2.75, 3.05) is 17.2 Å². The molecule has 1 aliphatic heterocycles. The van der Waals surface area contributed by atoms with E-state index in [0.29, 0.717) is 0 Å². The van der Waals surface area contributed by atoms with E-state index in [1.807, 2.05) is 49.9 Å². The lowest BCUT2D eigenvalue weighted by atomic mass is 9.99. The molecule has 0 saturated heterocycles. The van der Waals surface area contributed by atoms with Crippen LogP contribution in [0.4, 0.5) is 11.4 Å². The van der Waals surface area contributed by atoms with E-state index in [4.69, 9.17) is 5.73 Å². The summed E-state index contributed by atoms with van der Waals surface area (Å²) in [6.45, 7) is 6.56. The monoisotopic (exact) mass is 370 g/mol. The molecule has 1 aliphatic rings. The Morgan fingerprint density at radius 3 is 2.62 bits per heavy atom. The lowest BCUT2D eigenvalue weighted by Gasteiger charge is -2.32. The van der Waals surface area contributed by atoms with Crippen LogP contribution >= 0.6 is 24.8 Å². The number of fused-ring (bicyclic) bond motifs is 1. The zero-order valence-electron chi connectivity index (χ0n) is 14.2. The van der Waals surface area contributed by atoms with Gasteiger partial charge in [-0.25, -0.2) is 0 Å². The Morgan fingerprint density at radius 2 is 2.00 bits per heavy atom. The summed E-state index contributed by atoms with van der Waals surface area (Å²) < 4.78 is 1.80. The van der Waals surface area contributed by atoms with Crippen molar-refractivity contribution in [2.24, 2.45) is 0 Å². The number of aromatic nitrogens is 2. The van der Waals surface area contributed by atoms with Crippen molar-refractivity contribution in [1.82, 2.24) is 9.78 Å². The number of nitrogen functional groups attached to an aromatic ring is 1. The average Bonchev–Trinajstić information content (AvgIpc) is 2.84. The highest BCUT2D eigenvalue weighted by Crippen LogP contribution is 2.32. The van der Waals surface area contributed by atoms with Crippen LogP contribution in [0.15, 0.2) is 24.3 Å². The predicted octanol–water partition coefficient (Wildman–Crippen LogP) is 3.47. The van der Waals surface area contributed by atoms with Gasteiger partial charge in [-0.2, -0.15) is 5.10 Å². The van der Waals surface area contributed by atoms with Gasteiger partial charge in [-0.15, -0.1) is 24.8 Å². The van der Waals surface area contributed by atoms with Crippen molar-refractivity contribution >= 4 is 42.1 Å². The lowest BCUT2D eigenvalue weighted by Crippen LogP contribution is -2.40. The lowest BCUT2D eigenvalue weighted by molar-refractivity contribution is -0.121. The van der Waals surface area contributed by atoms with E-state index >= 15 is 0 Å². The quantitative estimate of drug-likeness (QED) is 0.823. The molecular formula is C17H24Cl2N4O. The number of hydrogen-bond acceptors (Lipinski definition) is 3. The summed E-state index contributed by atoms with van der Waals surface area (Å²) in [5.74, 6) is 0.0674. The molecule has 0 radical (unpaired) electrons.